The second kappa shape index (κ2) is 7.05. The number of aromatic nitrogens is 2. The zero-order chi connectivity index (χ0) is 13.7. The smallest absolute Gasteiger partial charge is 0.224 e. The van der Waals surface area contributed by atoms with Crippen LogP contribution >= 0.6 is 15.9 Å². The maximum Gasteiger partial charge on any atom is 0.224 e. The van der Waals surface area contributed by atoms with Gasteiger partial charge in [0.1, 0.15) is 5.82 Å². The van der Waals surface area contributed by atoms with Crippen LogP contribution in [0.3, 0.4) is 0 Å². The average molecular weight is 329 g/mol. The minimum atomic E-state index is 0.156. The molecule has 6 heteroatoms. The van der Waals surface area contributed by atoms with E-state index in [4.69, 9.17) is 0 Å². The van der Waals surface area contributed by atoms with Gasteiger partial charge in [-0.1, -0.05) is 12.8 Å². The number of hydrogen-bond donors (Lipinski definition) is 2. The average Bonchev–Trinajstić information content (AvgIpc) is 2.66. The Morgan fingerprint density at radius 2 is 2.32 bits per heavy atom. The predicted molar refractivity (Wildman–Crippen MR) is 80.6 cm³/mol. The third-order valence-electron chi connectivity index (χ3n) is 3.42. The van der Waals surface area contributed by atoms with Gasteiger partial charge >= 0.3 is 0 Å². The van der Waals surface area contributed by atoms with Gasteiger partial charge in [0.15, 0.2) is 0 Å². The molecule has 1 aromatic heterocycles. The van der Waals surface area contributed by atoms with Gasteiger partial charge in [-0.3, -0.25) is 0 Å². The summed E-state index contributed by atoms with van der Waals surface area (Å²) >= 11 is 3.52. The summed E-state index contributed by atoms with van der Waals surface area (Å²) in [5, 5.41) is 12.7. The number of aliphatic hydroxyl groups excluding tert-OH is 1. The highest BCUT2D eigenvalue weighted by Gasteiger charge is 2.23. The summed E-state index contributed by atoms with van der Waals surface area (Å²) < 4.78 is 0.884. The lowest BCUT2D eigenvalue weighted by atomic mass is 10.1. The van der Waals surface area contributed by atoms with Crippen molar-refractivity contribution >= 4 is 27.7 Å². The van der Waals surface area contributed by atoms with Crippen molar-refractivity contribution < 1.29 is 5.11 Å². The molecule has 0 aromatic carbocycles. The zero-order valence-corrected chi connectivity index (χ0v) is 12.9. The largest absolute Gasteiger partial charge is 0.394 e. The van der Waals surface area contributed by atoms with Crippen LogP contribution in [0.5, 0.6) is 0 Å². The van der Waals surface area contributed by atoms with Gasteiger partial charge in [0.25, 0.3) is 0 Å². The van der Waals surface area contributed by atoms with Crippen LogP contribution < -0.4 is 10.2 Å². The lowest BCUT2D eigenvalue weighted by molar-refractivity contribution is 0.254. The Hall–Kier alpha value is -0.880. The van der Waals surface area contributed by atoms with E-state index in [9.17, 15) is 5.11 Å². The quantitative estimate of drug-likeness (QED) is 0.888. The van der Waals surface area contributed by atoms with Gasteiger partial charge in [-0.05, 0) is 35.7 Å². The number of halogens is 1. The molecule has 1 fully saturated rings. The third kappa shape index (κ3) is 3.57. The first-order valence-corrected chi connectivity index (χ1v) is 7.69. The molecule has 1 aliphatic heterocycles. The molecule has 0 amide bonds. The van der Waals surface area contributed by atoms with Gasteiger partial charge in [0.05, 0.1) is 17.1 Å². The van der Waals surface area contributed by atoms with Gasteiger partial charge in [-0.2, -0.15) is 4.98 Å². The number of hydrogen-bond acceptors (Lipinski definition) is 5. The van der Waals surface area contributed by atoms with Crippen molar-refractivity contribution in [2.45, 2.75) is 38.6 Å². The molecule has 2 N–H and O–H groups in total. The van der Waals surface area contributed by atoms with Crippen molar-refractivity contribution in [3.8, 4) is 0 Å². The molecule has 19 heavy (non-hydrogen) atoms. The second-order valence-corrected chi connectivity index (χ2v) is 5.63. The molecule has 2 heterocycles. The normalized spacial score (nSPS) is 20.2. The molecule has 1 saturated heterocycles. The van der Waals surface area contributed by atoms with E-state index in [-0.39, 0.29) is 12.6 Å². The summed E-state index contributed by atoms with van der Waals surface area (Å²) in [5.74, 6) is 1.52. The van der Waals surface area contributed by atoms with Crippen LogP contribution in [0.4, 0.5) is 11.8 Å². The van der Waals surface area contributed by atoms with Crippen molar-refractivity contribution in [2.75, 3.05) is 29.9 Å². The summed E-state index contributed by atoms with van der Waals surface area (Å²) in [6.07, 6.45) is 6.33. The first-order chi connectivity index (χ1) is 9.26. The van der Waals surface area contributed by atoms with Crippen LogP contribution in [0.25, 0.3) is 0 Å². The molecule has 0 aliphatic carbocycles. The molecule has 2 rings (SSSR count). The van der Waals surface area contributed by atoms with Crippen LogP contribution in [0, 0.1) is 0 Å². The Morgan fingerprint density at radius 3 is 3.05 bits per heavy atom. The van der Waals surface area contributed by atoms with E-state index in [1.54, 1.807) is 6.20 Å². The highest BCUT2D eigenvalue weighted by molar-refractivity contribution is 9.10. The second-order valence-electron chi connectivity index (χ2n) is 4.77. The van der Waals surface area contributed by atoms with Crippen molar-refractivity contribution in [1.82, 2.24) is 9.97 Å². The predicted octanol–water partition coefficient (Wildman–Crippen LogP) is 2.41. The maximum atomic E-state index is 9.60. The highest BCUT2D eigenvalue weighted by Crippen LogP contribution is 2.29. The number of rotatable bonds is 4. The lowest BCUT2D eigenvalue weighted by Gasteiger charge is -2.30. The summed E-state index contributed by atoms with van der Waals surface area (Å²) in [5.41, 5.74) is 0. The molecule has 0 spiro atoms. The number of nitrogens with zero attached hydrogens (tertiary/aromatic N) is 3. The molecular weight excluding hydrogens is 308 g/mol. The molecule has 1 atom stereocenters. The topological polar surface area (TPSA) is 61.3 Å². The maximum absolute atomic E-state index is 9.60. The molecule has 0 saturated carbocycles. The van der Waals surface area contributed by atoms with Crippen molar-refractivity contribution in [3.63, 3.8) is 0 Å². The minimum Gasteiger partial charge on any atom is -0.394 e. The molecule has 0 radical (unpaired) electrons. The molecule has 1 aliphatic rings. The summed E-state index contributed by atoms with van der Waals surface area (Å²) in [7, 11) is 0. The van der Waals surface area contributed by atoms with Crippen LogP contribution in [-0.4, -0.2) is 40.8 Å². The van der Waals surface area contributed by atoms with Crippen LogP contribution in [0.15, 0.2) is 10.7 Å². The van der Waals surface area contributed by atoms with E-state index in [0.717, 1.165) is 36.2 Å². The van der Waals surface area contributed by atoms with E-state index in [1.807, 2.05) is 6.92 Å². The van der Waals surface area contributed by atoms with Gasteiger partial charge in [-0.15, -0.1) is 0 Å². The SMILES string of the molecule is CCNc1ncc(Br)c(N2CCCCCC2CO)n1. The first-order valence-electron chi connectivity index (χ1n) is 6.90. The molecule has 1 unspecified atom stereocenters. The molecule has 0 bridgehead atoms. The van der Waals surface area contributed by atoms with Gasteiger partial charge in [0, 0.05) is 19.3 Å². The number of nitrogens with one attached hydrogen (secondary N) is 1. The van der Waals surface area contributed by atoms with Gasteiger partial charge < -0.3 is 15.3 Å². The van der Waals surface area contributed by atoms with E-state index >= 15 is 0 Å². The summed E-state index contributed by atoms with van der Waals surface area (Å²) in [6, 6.07) is 0.156. The third-order valence-corrected chi connectivity index (χ3v) is 3.98. The summed E-state index contributed by atoms with van der Waals surface area (Å²) in [4.78, 5) is 11.0. The molecule has 106 valence electrons. The Labute approximate surface area is 122 Å². The van der Waals surface area contributed by atoms with Gasteiger partial charge in [-0.25, -0.2) is 4.98 Å². The lowest BCUT2D eigenvalue weighted by Crippen LogP contribution is -2.38. The van der Waals surface area contributed by atoms with E-state index in [1.165, 1.54) is 12.8 Å². The standard InChI is InChI=1S/C13H21BrN4O/c1-2-15-13-16-8-11(14)12(17-13)18-7-5-3-4-6-10(18)9-19/h8,10,19H,2-7,9H2,1H3,(H,15,16,17). The molecule has 5 nitrogen and oxygen atoms in total. The van der Waals surface area contributed by atoms with Crippen LogP contribution in [-0.2, 0) is 0 Å². The van der Waals surface area contributed by atoms with Crippen LogP contribution in [0.2, 0.25) is 0 Å². The Morgan fingerprint density at radius 1 is 1.47 bits per heavy atom. The number of aliphatic hydroxyl groups is 1. The fourth-order valence-corrected chi connectivity index (χ4v) is 2.87. The van der Waals surface area contributed by atoms with Crippen molar-refractivity contribution in [3.05, 3.63) is 10.7 Å². The molecular formula is C13H21BrN4O. The number of anilines is 2. The van der Waals surface area contributed by atoms with E-state index in [0.29, 0.717) is 5.95 Å². The van der Waals surface area contributed by atoms with Crippen molar-refractivity contribution in [2.24, 2.45) is 0 Å². The Kier molecular flexibility index (Phi) is 5.39. The Bertz CT molecular complexity index is 416. The minimum absolute atomic E-state index is 0.156. The molecule has 1 aromatic rings. The van der Waals surface area contributed by atoms with Crippen LogP contribution in [0.1, 0.15) is 32.6 Å². The monoisotopic (exact) mass is 328 g/mol. The zero-order valence-electron chi connectivity index (χ0n) is 11.3. The highest BCUT2D eigenvalue weighted by atomic mass is 79.9. The summed E-state index contributed by atoms with van der Waals surface area (Å²) in [6.45, 7) is 3.93. The fourth-order valence-electron chi connectivity index (χ4n) is 2.45. The van der Waals surface area contributed by atoms with Crippen molar-refractivity contribution in [1.29, 1.82) is 0 Å². The first kappa shape index (κ1) is 14.5. The van der Waals surface area contributed by atoms with E-state index in [2.05, 4.69) is 36.1 Å². The fraction of sp³-hybridized carbons (Fsp3) is 0.692. The Balaban J connectivity index is 2.28. The van der Waals surface area contributed by atoms with E-state index < -0.39 is 0 Å². The van der Waals surface area contributed by atoms with Gasteiger partial charge in [0.2, 0.25) is 5.95 Å².